The summed E-state index contributed by atoms with van der Waals surface area (Å²) in [5, 5.41) is 9.18. The molecule has 0 amide bonds. The molecular formula is C17H20O2. The van der Waals surface area contributed by atoms with Crippen LogP contribution in [0.3, 0.4) is 0 Å². The Labute approximate surface area is 114 Å². The van der Waals surface area contributed by atoms with E-state index in [0.29, 0.717) is 6.61 Å². The Balaban J connectivity index is 2.03. The summed E-state index contributed by atoms with van der Waals surface area (Å²) in [4.78, 5) is 0. The quantitative estimate of drug-likeness (QED) is 0.882. The molecule has 0 spiro atoms. The second-order valence-electron chi connectivity index (χ2n) is 5.50. The molecule has 0 fully saturated rings. The summed E-state index contributed by atoms with van der Waals surface area (Å²) in [5.74, 6) is 0.834. The lowest BCUT2D eigenvalue weighted by atomic mass is 9.96. The zero-order chi connectivity index (χ0) is 13.7. The van der Waals surface area contributed by atoms with Gasteiger partial charge in [0, 0.05) is 5.41 Å². The van der Waals surface area contributed by atoms with Crippen molar-refractivity contribution in [1.29, 1.82) is 0 Å². The van der Waals surface area contributed by atoms with E-state index in [9.17, 15) is 5.11 Å². The van der Waals surface area contributed by atoms with Crippen LogP contribution in [0.25, 0.3) is 11.1 Å². The highest BCUT2D eigenvalue weighted by Crippen LogP contribution is 2.23. The number of hydrogen-bond donors (Lipinski definition) is 1. The summed E-state index contributed by atoms with van der Waals surface area (Å²) < 4.78 is 5.69. The number of benzene rings is 2. The van der Waals surface area contributed by atoms with Crippen LogP contribution in [0.5, 0.6) is 5.75 Å². The van der Waals surface area contributed by atoms with Crippen molar-refractivity contribution < 1.29 is 9.84 Å². The molecule has 19 heavy (non-hydrogen) atoms. The Kier molecular flexibility index (Phi) is 4.23. The number of rotatable bonds is 5. The summed E-state index contributed by atoms with van der Waals surface area (Å²) in [5.41, 5.74) is 2.16. The monoisotopic (exact) mass is 256 g/mol. The molecule has 0 aliphatic heterocycles. The largest absolute Gasteiger partial charge is 0.493 e. The number of ether oxygens (including phenoxy) is 1. The number of aliphatic hydroxyl groups is 1. The van der Waals surface area contributed by atoms with Crippen LogP contribution in [-0.4, -0.2) is 18.3 Å². The minimum Gasteiger partial charge on any atom is -0.493 e. The molecule has 0 bridgehead atoms. The summed E-state index contributed by atoms with van der Waals surface area (Å²) in [6.45, 7) is 4.58. The van der Waals surface area contributed by atoms with Gasteiger partial charge in [0.2, 0.25) is 0 Å². The van der Waals surface area contributed by atoms with E-state index in [1.54, 1.807) is 0 Å². The SMILES string of the molecule is CC(C)(CO)COc1ccc(-c2ccccc2)cc1. The average Bonchev–Trinajstić information content (AvgIpc) is 2.47. The maximum atomic E-state index is 9.18. The lowest BCUT2D eigenvalue weighted by Crippen LogP contribution is -2.25. The third kappa shape index (κ3) is 3.83. The second kappa shape index (κ2) is 5.89. The minimum absolute atomic E-state index is 0.120. The van der Waals surface area contributed by atoms with Crippen molar-refractivity contribution in [3.63, 3.8) is 0 Å². The Hall–Kier alpha value is -1.80. The molecule has 0 aromatic heterocycles. The van der Waals surface area contributed by atoms with Crippen LogP contribution in [0.15, 0.2) is 54.6 Å². The van der Waals surface area contributed by atoms with E-state index in [1.165, 1.54) is 11.1 Å². The first kappa shape index (κ1) is 13.6. The van der Waals surface area contributed by atoms with Crippen molar-refractivity contribution in [2.45, 2.75) is 13.8 Å². The van der Waals surface area contributed by atoms with E-state index in [2.05, 4.69) is 24.3 Å². The number of aliphatic hydroxyl groups excluding tert-OH is 1. The van der Waals surface area contributed by atoms with E-state index in [0.717, 1.165) is 5.75 Å². The second-order valence-corrected chi connectivity index (χ2v) is 5.50. The fraction of sp³-hybridized carbons (Fsp3) is 0.294. The molecule has 0 aliphatic rings. The van der Waals surface area contributed by atoms with Crippen LogP contribution in [0, 0.1) is 5.41 Å². The molecule has 0 atom stereocenters. The fourth-order valence-electron chi connectivity index (χ4n) is 1.70. The standard InChI is InChI=1S/C17H20O2/c1-17(2,12-18)13-19-16-10-8-15(9-11-16)14-6-4-3-5-7-14/h3-11,18H,12-13H2,1-2H3. The number of hydrogen-bond acceptors (Lipinski definition) is 2. The van der Waals surface area contributed by atoms with Gasteiger partial charge in [-0.25, -0.2) is 0 Å². The molecule has 1 N–H and O–H groups in total. The lowest BCUT2D eigenvalue weighted by Gasteiger charge is -2.21. The molecule has 2 nitrogen and oxygen atoms in total. The fourth-order valence-corrected chi connectivity index (χ4v) is 1.70. The molecule has 0 radical (unpaired) electrons. The molecule has 100 valence electrons. The maximum absolute atomic E-state index is 9.18. The van der Waals surface area contributed by atoms with Gasteiger partial charge in [-0.15, -0.1) is 0 Å². The summed E-state index contributed by atoms with van der Waals surface area (Å²) >= 11 is 0. The Morgan fingerprint density at radius 2 is 1.47 bits per heavy atom. The van der Waals surface area contributed by atoms with Crippen LogP contribution >= 0.6 is 0 Å². The van der Waals surface area contributed by atoms with E-state index in [1.807, 2.05) is 44.2 Å². The molecule has 2 heteroatoms. The van der Waals surface area contributed by atoms with Crippen LogP contribution in [-0.2, 0) is 0 Å². The molecule has 2 rings (SSSR count). The van der Waals surface area contributed by atoms with Crippen LogP contribution in [0.4, 0.5) is 0 Å². The minimum atomic E-state index is -0.210. The van der Waals surface area contributed by atoms with Crippen molar-refractivity contribution in [3.8, 4) is 16.9 Å². The first-order valence-corrected chi connectivity index (χ1v) is 6.50. The van der Waals surface area contributed by atoms with E-state index < -0.39 is 0 Å². The normalized spacial score (nSPS) is 11.3. The van der Waals surface area contributed by atoms with Gasteiger partial charge >= 0.3 is 0 Å². The van der Waals surface area contributed by atoms with Gasteiger partial charge in [-0.2, -0.15) is 0 Å². The van der Waals surface area contributed by atoms with Crippen molar-refractivity contribution in [2.24, 2.45) is 5.41 Å². The molecule has 2 aromatic rings. The lowest BCUT2D eigenvalue weighted by molar-refractivity contribution is 0.0976. The van der Waals surface area contributed by atoms with Gasteiger partial charge in [0.15, 0.2) is 0 Å². The van der Waals surface area contributed by atoms with Crippen LogP contribution in [0.1, 0.15) is 13.8 Å². The molecule has 0 aliphatic carbocycles. The van der Waals surface area contributed by atoms with E-state index in [-0.39, 0.29) is 12.0 Å². The molecule has 0 saturated carbocycles. The first-order chi connectivity index (χ1) is 9.11. The van der Waals surface area contributed by atoms with Gasteiger partial charge in [-0.05, 0) is 23.3 Å². The highest BCUT2D eigenvalue weighted by Gasteiger charge is 2.17. The van der Waals surface area contributed by atoms with Crippen molar-refractivity contribution in [1.82, 2.24) is 0 Å². The molecule has 0 heterocycles. The maximum Gasteiger partial charge on any atom is 0.119 e. The van der Waals surface area contributed by atoms with Gasteiger partial charge in [-0.3, -0.25) is 0 Å². The zero-order valence-electron chi connectivity index (χ0n) is 11.5. The van der Waals surface area contributed by atoms with E-state index in [4.69, 9.17) is 4.74 Å². The Morgan fingerprint density at radius 1 is 0.895 bits per heavy atom. The zero-order valence-corrected chi connectivity index (χ0v) is 11.5. The third-order valence-corrected chi connectivity index (χ3v) is 3.02. The molecule has 2 aromatic carbocycles. The van der Waals surface area contributed by atoms with Gasteiger partial charge in [0.1, 0.15) is 5.75 Å². The average molecular weight is 256 g/mol. The van der Waals surface area contributed by atoms with Crippen LogP contribution in [0.2, 0.25) is 0 Å². The molecule has 0 unspecified atom stereocenters. The molecular weight excluding hydrogens is 236 g/mol. The van der Waals surface area contributed by atoms with Gasteiger partial charge < -0.3 is 9.84 Å². The van der Waals surface area contributed by atoms with Crippen LogP contribution < -0.4 is 4.74 Å². The van der Waals surface area contributed by atoms with Gasteiger partial charge in [-0.1, -0.05) is 56.3 Å². The van der Waals surface area contributed by atoms with Gasteiger partial charge in [0.05, 0.1) is 13.2 Å². The highest BCUT2D eigenvalue weighted by atomic mass is 16.5. The highest BCUT2D eigenvalue weighted by molar-refractivity contribution is 5.63. The predicted octanol–water partition coefficient (Wildman–Crippen LogP) is 3.75. The predicted molar refractivity (Wildman–Crippen MR) is 78.2 cm³/mol. The van der Waals surface area contributed by atoms with E-state index >= 15 is 0 Å². The topological polar surface area (TPSA) is 29.5 Å². The van der Waals surface area contributed by atoms with Crippen molar-refractivity contribution >= 4 is 0 Å². The third-order valence-electron chi connectivity index (χ3n) is 3.02. The van der Waals surface area contributed by atoms with Crippen molar-refractivity contribution in [2.75, 3.05) is 13.2 Å². The molecule has 0 saturated heterocycles. The Morgan fingerprint density at radius 3 is 2.05 bits per heavy atom. The summed E-state index contributed by atoms with van der Waals surface area (Å²) in [6.07, 6.45) is 0. The summed E-state index contributed by atoms with van der Waals surface area (Å²) in [6, 6.07) is 18.3. The summed E-state index contributed by atoms with van der Waals surface area (Å²) in [7, 11) is 0. The first-order valence-electron chi connectivity index (χ1n) is 6.50. The van der Waals surface area contributed by atoms with Crippen molar-refractivity contribution in [3.05, 3.63) is 54.6 Å². The van der Waals surface area contributed by atoms with Gasteiger partial charge in [0.25, 0.3) is 0 Å². The smallest absolute Gasteiger partial charge is 0.119 e. The Bertz CT molecular complexity index is 501.